The minimum atomic E-state index is 0.442. The van der Waals surface area contributed by atoms with Crippen molar-refractivity contribution in [2.24, 2.45) is 0 Å². The summed E-state index contributed by atoms with van der Waals surface area (Å²) >= 11 is 0. The van der Waals surface area contributed by atoms with Gasteiger partial charge in [-0.2, -0.15) is 0 Å². The number of piperazine rings is 1. The summed E-state index contributed by atoms with van der Waals surface area (Å²) in [7, 11) is 0. The van der Waals surface area contributed by atoms with Crippen LogP contribution in [0.2, 0.25) is 0 Å². The van der Waals surface area contributed by atoms with Crippen molar-refractivity contribution in [3.8, 4) is 0 Å². The summed E-state index contributed by atoms with van der Waals surface area (Å²) in [6, 6.07) is 15.4. The van der Waals surface area contributed by atoms with Crippen molar-refractivity contribution >= 4 is 0 Å². The molecule has 2 aromatic rings. The SMILES string of the molecule is c1ccc(CN2CCNCC2c2ccncc2)cc1. The average molecular weight is 253 g/mol. The van der Waals surface area contributed by atoms with E-state index in [2.05, 4.69) is 57.7 Å². The number of hydrogen-bond donors (Lipinski definition) is 1. The molecule has 3 nitrogen and oxygen atoms in total. The molecule has 0 radical (unpaired) electrons. The third-order valence-electron chi connectivity index (χ3n) is 3.67. The third-order valence-corrected chi connectivity index (χ3v) is 3.67. The first kappa shape index (κ1) is 12.3. The molecule has 1 atom stereocenters. The Morgan fingerprint density at radius 2 is 1.89 bits per heavy atom. The van der Waals surface area contributed by atoms with Gasteiger partial charge in [-0.3, -0.25) is 9.88 Å². The lowest BCUT2D eigenvalue weighted by atomic mass is 10.0. The summed E-state index contributed by atoms with van der Waals surface area (Å²) < 4.78 is 0. The van der Waals surface area contributed by atoms with Gasteiger partial charge in [-0.05, 0) is 23.3 Å². The molecule has 0 spiro atoms. The van der Waals surface area contributed by atoms with Gasteiger partial charge >= 0.3 is 0 Å². The molecule has 0 amide bonds. The van der Waals surface area contributed by atoms with Crippen LogP contribution in [-0.2, 0) is 6.54 Å². The van der Waals surface area contributed by atoms with Crippen LogP contribution in [0.1, 0.15) is 17.2 Å². The van der Waals surface area contributed by atoms with Crippen molar-refractivity contribution in [2.75, 3.05) is 19.6 Å². The van der Waals surface area contributed by atoms with Crippen molar-refractivity contribution in [3.05, 3.63) is 66.0 Å². The van der Waals surface area contributed by atoms with E-state index in [1.54, 1.807) is 0 Å². The number of aromatic nitrogens is 1. The summed E-state index contributed by atoms with van der Waals surface area (Å²) in [6.45, 7) is 4.17. The molecule has 0 aliphatic carbocycles. The minimum absolute atomic E-state index is 0.442. The molecule has 3 heteroatoms. The van der Waals surface area contributed by atoms with Crippen LogP contribution in [0.5, 0.6) is 0 Å². The molecular formula is C16H19N3. The fourth-order valence-electron chi connectivity index (χ4n) is 2.67. The molecule has 1 aliphatic heterocycles. The first-order valence-electron chi connectivity index (χ1n) is 6.82. The van der Waals surface area contributed by atoms with Gasteiger partial charge in [0.15, 0.2) is 0 Å². The second-order valence-corrected chi connectivity index (χ2v) is 4.96. The van der Waals surface area contributed by atoms with Crippen LogP contribution in [-0.4, -0.2) is 29.5 Å². The highest BCUT2D eigenvalue weighted by Gasteiger charge is 2.23. The first-order chi connectivity index (χ1) is 9.43. The highest BCUT2D eigenvalue weighted by atomic mass is 15.2. The molecule has 1 fully saturated rings. The molecule has 1 aromatic heterocycles. The van der Waals surface area contributed by atoms with Gasteiger partial charge in [0.1, 0.15) is 0 Å². The van der Waals surface area contributed by atoms with E-state index < -0.39 is 0 Å². The van der Waals surface area contributed by atoms with Gasteiger partial charge in [0, 0.05) is 44.6 Å². The van der Waals surface area contributed by atoms with Gasteiger partial charge < -0.3 is 5.32 Å². The molecule has 1 aliphatic rings. The lowest BCUT2D eigenvalue weighted by Gasteiger charge is -2.36. The lowest BCUT2D eigenvalue weighted by molar-refractivity contribution is 0.153. The van der Waals surface area contributed by atoms with E-state index in [-0.39, 0.29) is 0 Å². The van der Waals surface area contributed by atoms with Crippen LogP contribution in [0, 0.1) is 0 Å². The van der Waals surface area contributed by atoms with Crippen LogP contribution in [0.25, 0.3) is 0 Å². The zero-order chi connectivity index (χ0) is 12.9. The summed E-state index contributed by atoms with van der Waals surface area (Å²) in [5.41, 5.74) is 2.72. The largest absolute Gasteiger partial charge is 0.314 e. The Morgan fingerprint density at radius 1 is 1.11 bits per heavy atom. The number of pyridine rings is 1. The monoisotopic (exact) mass is 253 g/mol. The predicted molar refractivity (Wildman–Crippen MR) is 76.7 cm³/mol. The van der Waals surface area contributed by atoms with Crippen LogP contribution in [0.15, 0.2) is 54.9 Å². The first-order valence-corrected chi connectivity index (χ1v) is 6.82. The summed E-state index contributed by atoms with van der Waals surface area (Å²) in [6.07, 6.45) is 3.76. The van der Waals surface area contributed by atoms with Gasteiger partial charge in [0.05, 0.1) is 0 Å². The normalized spacial score (nSPS) is 20.3. The molecule has 3 rings (SSSR count). The highest BCUT2D eigenvalue weighted by molar-refractivity contribution is 5.19. The molecule has 1 saturated heterocycles. The van der Waals surface area contributed by atoms with E-state index in [1.807, 2.05) is 12.4 Å². The maximum atomic E-state index is 4.11. The van der Waals surface area contributed by atoms with Crippen molar-refractivity contribution in [1.29, 1.82) is 0 Å². The van der Waals surface area contributed by atoms with Gasteiger partial charge in [-0.25, -0.2) is 0 Å². The molecule has 19 heavy (non-hydrogen) atoms. The highest BCUT2D eigenvalue weighted by Crippen LogP contribution is 2.23. The number of benzene rings is 1. The van der Waals surface area contributed by atoms with E-state index in [9.17, 15) is 0 Å². The molecule has 98 valence electrons. The van der Waals surface area contributed by atoms with Crippen molar-refractivity contribution < 1.29 is 0 Å². The second kappa shape index (κ2) is 5.95. The zero-order valence-electron chi connectivity index (χ0n) is 11.0. The van der Waals surface area contributed by atoms with Gasteiger partial charge in [0.25, 0.3) is 0 Å². The molecule has 1 aromatic carbocycles. The van der Waals surface area contributed by atoms with Gasteiger partial charge in [0.2, 0.25) is 0 Å². The zero-order valence-corrected chi connectivity index (χ0v) is 11.0. The van der Waals surface area contributed by atoms with E-state index in [1.165, 1.54) is 11.1 Å². The molecule has 0 saturated carbocycles. The number of nitrogens with zero attached hydrogens (tertiary/aromatic N) is 2. The van der Waals surface area contributed by atoms with Gasteiger partial charge in [-0.1, -0.05) is 30.3 Å². The molecule has 2 heterocycles. The maximum absolute atomic E-state index is 4.11. The Balaban J connectivity index is 1.78. The molecule has 0 bridgehead atoms. The fourth-order valence-corrected chi connectivity index (χ4v) is 2.67. The van der Waals surface area contributed by atoms with E-state index in [4.69, 9.17) is 0 Å². The van der Waals surface area contributed by atoms with Crippen LogP contribution >= 0.6 is 0 Å². The quantitative estimate of drug-likeness (QED) is 0.909. The number of nitrogens with one attached hydrogen (secondary N) is 1. The predicted octanol–water partition coefficient (Wildman–Crippen LogP) is 2.23. The Kier molecular flexibility index (Phi) is 3.86. The van der Waals surface area contributed by atoms with E-state index in [0.29, 0.717) is 6.04 Å². The van der Waals surface area contributed by atoms with Crippen molar-refractivity contribution in [1.82, 2.24) is 15.2 Å². The lowest BCUT2D eigenvalue weighted by Crippen LogP contribution is -2.45. The fraction of sp³-hybridized carbons (Fsp3) is 0.312. The summed E-state index contributed by atoms with van der Waals surface area (Å²) in [5.74, 6) is 0. The van der Waals surface area contributed by atoms with Crippen LogP contribution in [0.4, 0.5) is 0 Å². The second-order valence-electron chi connectivity index (χ2n) is 4.96. The molecule has 1 N–H and O–H groups in total. The molecule has 1 unspecified atom stereocenters. The third kappa shape index (κ3) is 3.00. The maximum Gasteiger partial charge on any atom is 0.0477 e. The summed E-state index contributed by atoms with van der Waals surface area (Å²) in [5, 5.41) is 3.49. The van der Waals surface area contributed by atoms with Crippen LogP contribution in [0.3, 0.4) is 0 Å². The number of rotatable bonds is 3. The summed E-state index contributed by atoms with van der Waals surface area (Å²) in [4.78, 5) is 6.65. The Morgan fingerprint density at radius 3 is 2.68 bits per heavy atom. The minimum Gasteiger partial charge on any atom is -0.314 e. The smallest absolute Gasteiger partial charge is 0.0477 e. The number of hydrogen-bond acceptors (Lipinski definition) is 3. The van der Waals surface area contributed by atoms with Crippen molar-refractivity contribution in [2.45, 2.75) is 12.6 Å². The Bertz CT molecular complexity index is 498. The molecular weight excluding hydrogens is 234 g/mol. The average Bonchev–Trinajstić information content (AvgIpc) is 2.50. The standard InChI is InChI=1S/C16H19N3/c1-2-4-14(5-3-1)13-19-11-10-18-12-16(19)15-6-8-17-9-7-15/h1-9,16,18H,10-13H2. The Hall–Kier alpha value is -1.71. The topological polar surface area (TPSA) is 28.2 Å². The van der Waals surface area contributed by atoms with E-state index in [0.717, 1.165) is 26.2 Å². The van der Waals surface area contributed by atoms with Crippen molar-refractivity contribution in [3.63, 3.8) is 0 Å². The van der Waals surface area contributed by atoms with Crippen LogP contribution < -0.4 is 5.32 Å². The Labute approximate surface area is 114 Å². The van der Waals surface area contributed by atoms with E-state index >= 15 is 0 Å². The van der Waals surface area contributed by atoms with Gasteiger partial charge in [-0.15, -0.1) is 0 Å².